The molecule has 3 aromatic rings. The number of pyridine rings is 1. The Balaban J connectivity index is 2.01. The van der Waals surface area contributed by atoms with Crippen molar-refractivity contribution in [2.24, 2.45) is 0 Å². The summed E-state index contributed by atoms with van der Waals surface area (Å²) in [6.07, 6.45) is 1.38. The van der Waals surface area contributed by atoms with Crippen LogP contribution in [0.3, 0.4) is 0 Å². The molecule has 186 valence electrons. The van der Waals surface area contributed by atoms with Gasteiger partial charge in [0.1, 0.15) is 30.2 Å². The van der Waals surface area contributed by atoms with Crippen LogP contribution in [0.5, 0.6) is 11.5 Å². The van der Waals surface area contributed by atoms with E-state index in [-0.39, 0.29) is 27.5 Å². The number of nitrogens with one attached hydrogen (secondary N) is 1. The Morgan fingerprint density at radius 3 is 2.37 bits per heavy atom. The number of hydrogen-bond donors (Lipinski definition) is 1. The summed E-state index contributed by atoms with van der Waals surface area (Å²) in [4.78, 5) is 55.4. The fourth-order valence-electron chi connectivity index (χ4n) is 3.33. The average Bonchev–Trinajstić information content (AvgIpc) is 2.78. The molecule has 12 heteroatoms. The van der Waals surface area contributed by atoms with Crippen LogP contribution in [0.2, 0.25) is 5.02 Å². The summed E-state index contributed by atoms with van der Waals surface area (Å²) in [6, 6.07) is 5.97. The van der Waals surface area contributed by atoms with E-state index >= 15 is 0 Å². The standard InChI is InChI=1S/C23H25ClN4O7/c1-23(2,3)35-19(30)12-28-21(31)20-15(7-6-8-25-20)27(22(28)32)11-18(29)26-14-9-13(24)16(33-4)10-17(14)34-5/h6-10H,11-12H2,1-5H3,(H,26,29). The second-order valence-corrected chi connectivity index (χ2v) is 8.86. The number of aromatic nitrogens is 3. The lowest BCUT2D eigenvalue weighted by molar-refractivity contribution is -0.155. The lowest BCUT2D eigenvalue weighted by Crippen LogP contribution is -2.44. The van der Waals surface area contributed by atoms with Crippen LogP contribution in [0.25, 0.3) is 11.0 Å². The minimum absolute atomic E-state index is 0.0754. The van der Waals surface area contributed by atoms with E-state index in [9.17, 15) is 19.2 Å². The first kappa shape index (κ1) is 25.8. The maximum absolute atomic E-state index is 13.2. The zero-order valence-electron chi connectivity index (χ0n) is 19.9. The minimum Gasteiger partial charge on any atom is -0.495 e. The first-order valence-corrected chi connectivity index (χ1v) is 10.8. The van der Waals surface area contributed by atoms with Crippen molar-refractivity contribution in [3.63, 3.8) is 0 Å². The normalized spacial score (nSPS) is 11.3. The Labute approximate surface area is 205 Å². The number of fused-ring (bicyclic) bond motifs is 1. The Morgan fingerprint density at radius 2 is 1.74 bits per heavy atom. The van der Waals surface area contributed by atoms with E-state index in [0.29, 0.717) is 10.3 Å². The molecule has 1 N–H and O–H groups in total. The van der Waals surface area contributed by atoms with Gasteiger partial charge in [0.25, 0.3) is 5.56 Å². The third kappa shape index (κ3) is 5.80. The summed E-state index contributed by atoms with van der Waals surface area (Å²) in [7, 11) is 2.85. The van der Waals surface area contributed by atoms with Crippen LogP contribution in [0.1, 0.15) is 20.8 Å². The molecule has 0 atom stereocenters. The number of hydrogen-bond acceptors (Lipinski definition) is 8. The number of benzene rings is 1. The zero-order chi connectivity index (χ0) is 25.9. The highest BCUT2D eigenvalue weighted by Crippen LogP contribution is 2.35. The van der Waals surface area contributed by atoms with Gasteiger partial charge < -0.3 is 19.5 Å². The molecule has 11 nitrogen and oxygen atoms in total. The number of esters is 1. The summed E-state index contributed by atoms with van der Waals surface area (Å²) < 4.78 is 17.4. The van der Waals surface area contributed by atoms with Crippen LogP contribution in [0.15, 0.2) is 40.1 Å². The summed E-state index contributed by atoms with van der Waals surface area (Å²) in [6.45, 7) is 3.88. The molecule has 0 aliphatic heterocycles. The van der Waals surface area contributed by atoms with Crippen LogP contribution in [-0.2, 0) is 27.4 Å². The molecular weight excluding hydrogens is 480 g/mol. The fraction of sp³-hybridized carbons (Fsp3) is 0.348. The maximum Gasteiger partial charge on any atom is 0.332 e. The maximum atomic E-state index is 13.2. The van der Waals surface area contributed by atoms with Crippen LogP contribution in [0, 0.1) is 0 Å². The average molecular weight is 505 g/mol. The highest BCUT2D eigenvalue weighted by molar-refractivity contribution is 6.32. The van der Waals surface area contributed by atoms with Gasteiger partial charge in [-0.3, -0.25) is 19.0 Å². The van der Waals surface area contributed by atoms with Gasteiger partial charge in [0.2, 0.25) is 5.91 Å². The molecule has 0 aliphatic rings. The van der Waals surface area contributed by atoms with E-state index in [2.05, 4.69) is 10.3 Å². The van der Waals surface area contributed by atoms with Gasteiger partial charge in [-0.05, 0) is 39.0 Å². The Hall–Kier alpha value is -3.86. The van der Waals surface area contributed by atoms with Crippen molar-refractivity contribution in [1.82, 2.24) is 14.1 Å². The van der Waals surface area contributed by atoms with E-state index < -0.39 is 41.8 Å². The topological polar surface area (TPSA) is 131 Å². The number of carbonyl (C=O) groups excluding carboxylic acids is 2. The molecular formula is C23H25ClN4O7. The molecule has 1 aromatic carbocycles. The van der Waals surface area contributed by atoms with Crippen molar-refractivity contribution in [1.29, 1.82) is 0 Å². The third-order valence-electron chi connectivity index (χ3n) is 4.74. The number of rotatable bonds is 7. The number of carbonyl (C=O) groups is 2. The van der Waals surface area contributed by atoms with Crippen LogP contribution in [0.4, 0.5) is 5.69 Å². The van der Waals surface area contributed by atoms with Gasteiger partial charge in [0.05, 0.1) is 30.4 Å². The highest BCUT2D eigenvalue weighted by Gasteiger charge is 2.22. The molecule has 0 fully saturated rings. The van der Waals surface area contributed by atoms with E-state index in [4.69, 9.17) is 25.8 Å². The molecule has 2 aromatic heterocycles. The third-order valence-corrected chi connectivity index (χ3v) is 5.04. The first-order valence-electron chi connectivity index (χ1n) is 10.5. The second-order valence-electron chi connectivity index (χ2n) is 8.45. The smallest absolute Gasteiger partial charge is 0.332 e. The molecule has 0 saturated carbocycles. The monoisotopic (exact) mass is 504 g/mol. The Morgan fingerprint density at radius 1 is 1.06 bits per heavy atom. The van der Waals surface area contributed by atoms with Gasteiger partial charge in [-0.1, -0.05) is 11.6 Å². The fourth-order valence-corrected chi connectivity index (χ4v) is 3.57. The Kier molecular flexibility index (Phi) is 7.49. The molecule has 0 bridgehead atoms. The van der Waals surface area contributed by atoms with E-state index in [1.807, 2.05) is 0 Å². The van der Waals surface area contributed by atoms with Crippen molar-refractivity contribution >= 4 is 40.2 Å². The number of nitrogens with zero attached hydrogens (tertiary/aromatic N) is 3. The van der Waals surface area contributed by atoms with E-state index in [1.165, 1.54) is 44.7 Å². The molecule has 0 saturated heterocycles. The molecule has 2 heterocycles. The first-order chi connectivity index (χ1) is 16.4. The predicted molar refractivity (Wildman–Crippen MR) is 129 cm³/mol. The predicted octanol–water partition coefficient (Wildman–Crippen LogP) is 2.21. The summed E-state index contributed by atoms with van der Waals surface area (Å²) in [5.74, 6) is -0.753. The zero-order valence-corrected chi connectivity index (χ0v) is 20.6. The highest BCUT2D eigenvalue weighted by atomic mass is 35.5. The summed E-state index contributed by atoms with van der Waals surface area (Å²) in [5, 5.41) is 2.87. The number of ether oxygens (including phenoxy) is 3. The van der Waals surface area contributed by atoms with Gasteiger partial charge in [-0.25, -0.2) is 14.3 Å². The molecule has 0 unspecified atom stereocenters. The molecule has 0 spiro atoms. The summed E-state index contributed by atoms with van der Waals surface area (Å²) in [5.41, 5.74) is -2.13. The van der Waals surface area contributed by atoms with Gasteiger partial charge in [-0.15, -0.1) is 0 Å². The molecule has 0 radical (unpaired) electrons. The van der Waals surface area contributed by atoms with Crippen LogP contribution < -0.4 is 26.0 Å². The number of halogens is 1. The van der Waals surface area contributed by atoms with Gasteiger partial charge in [-0.2, -0.15) is 0 Å². The molecule has 35 heavy (non-hydrogen) atoms. The van der Waals surface area contributed by atoms with Gasteiger partial charge in [0, 0.05) is 12.3 Å². The van der Waals surface area contributed by atoms with Crippen molar-refractivity contribution in [2.45, 2.75) is 39.5 Å². The molecule has 3 rings (SSSR count). The van der Waals surface area contributed by atoms with Crippen molar-refractivity contribution in [3.05, 3.63) is 56.3 Å². The van der Waals surface area contributed by atoms with Gasteiger partial charge >= 0.3 is 11.7 Å². The summed E-state index contributed by atoms with van der Waals surface area (Å²) >= 11 is 6.16. The SMILES string of the molecule is COc1cc(OC)c(NC(=O)Cn2c(=O)n(CC(=O)OC(C)(C)C)c(=O)c3ncccc32)cc1Cl. The van der Waals surface area contributed by atoms with Crippen LogP contribution in [-0.4, -0.2) is 45.8 Å². The van der Waals surface area contributed by atoms with Gasteiger partial charge in [0.15, 0.2) is 5.52 Å². The van der Waals surface area contributed by atoms with Crippen molar-refractivity contribution < 1.29 is 23.8 Å². The lowest BCUT2D eigenvalue weighted by atomic mass is 10.2. The largest absolute Gasteiger partial charge is 0.495 e. The van der Waals surface area contributed by atoms with E-state index in [0.717, 1.165) is 4.57 Å². The van der Waals surface area contributed by atoms with Crippen LogP contribution >= 0.6 is 11.6 Å². The van der Waals surface area contributed by atoms with Crippen molar-refractivity contribution in [3.8, 4) is 11.5 Å². The molecule has 0 aliphatic carbocycles. The number of anilines is 1. The second kappa shape index (κ2) is 10.2. The lowest BCUT2D eigenvalue weighted by Gasteiger charge is -2.20. The Bertz CT molecular complexity index is 1410. The van der Waals surface area contributed by atoms with E-state index in [1.54, 1.807) is 20.8 Å². The number of methoxy groups -OCH3 is 2. The molecule has 1 amide bonds. The quantitative estimate of drug-likeness (QED) is 0.484. The number of amides is 1. The minimum atomic E-state index is -0.865. The van der Waals surface area contributed by atoms with Crippen molar-refractivity contribution in [2.75, 3.05) is 19.5 Å².